The molecule has 1 atom stereocenters. The first-order valence-corrected chi connectivity index (χ1v) is 8.97. The number of hydrogen-bond donors (Lipinski definition) is 1. The molecular formula is C19H29IN4O. The maximum absolute atomic E-state index is 12.6. The number of carbonyl (C=O) groups excluding carboxylic acids is 1. The average molecular weight is 456 g/mol. The van der Waals surface area contributed by atoms with Crippen molar-refractivity contribution in [1.29, 1.82) is 0 Å². The summed E-state index contributed by atoms with van der Waals surface area (Å²) in [5.41, 5.74) is 2.64. The number of guanidine groups is 1. The topological polar surface area (TPSA) is 47.9 Å². The summed E-state index contributed by atoms with van der Waals surface area (Å²) in [4.78, 5) is 21.1. The van der Waals surface area contributed by atoms with Crippen LogP contribution in [0.25, 0.3) is 0 Å². The van der Waals surface area contributed by atoms with Crippen LogP contribution in [0.5, 0.6) is 0 Å². The van der Waals surface area contributed by atoms with Crippen LogP contribution in [0.3, 0.4) is 0 Å². The minimum absolute atomic E-state index is 0. The minimum atomic E-state index is 0. The van der Waals surface area contributed by atoms with Crippen LogP contribution in [-0.2, 0) is 17.8 Å². The summed E-state index contributed by atoms with van der Waals surface area (Å²) in [5.74, 6) is 1.69. The van der Waals surface area contributed by atoms with E-state index < -0.39 is 0 Å². The van der Waals surface area contributed by atoms with E-state index in [4.69, 9.17) is 0 Å². The molecule has 6 heteroatoms. The van der Waals surface area contributed by atoms with Gasteiger partial charge in [0.1, 0.15) is 0 Å². The Kier molecular flexibility index (Phi) is 7.53. The van der Waals surface area contributed by atoms with Gasteiger partial charge in [-0.25, -0.2) is 0 Å². The van der Waals surface area contributed by atoms with Gasteiger partial charge < -0.3 is 15.1 Å². The molecule has 25 heavy (non-hydrogen) atoms. The Labute approximate surface area is 167 Å². The summed E-state index contributed by atoms with van der Waals surface area (Å²) >= 11 is 0. The largest absolute Gasteiger partial charge is 0.347 e. The van der Waals surface area contributed by atoms with E-state index in [1.165, 1.54) is 24.0 Å². The van der Waals surface area contributed by atoms with Gasteiger partial charge in [-0.05, 0) is 36.3 Å². The van der Waals surface area contributed by atoms with Gasteiger partial charge in [-0.1, -0.05) is 31.2 Å². The van der Waals surface area contributed by atoms with Crippen molar-refractivity contribution < 1.29 is 4.79 Å². The first-order valence-electron chi connectivity index (χ1n) is 8.97. The van der Waals surface area contributed by atoms with Crippen LogP contribution in [-0.4, -0.2) is 54.9 Å². The van der Waals surface area contributed by atoms with Crippen LogP contribution in [0.4, 0.5) is 0 Å². The number of amides is 1. The molecule has 1 aromatic carbocycles. The van der Waals surface area contributed by atoms with Gasteiger partial charge in [0.25, 0.3) is 0 Å². The van der Waals surface area contributed by atoms with E-state index in [1.54, 1.807) is 7.05 Å². The number of nitrogens with zero attached hydrogens (tertiary/aromatic N) is 3. The van der Waals surface area contributed by atoms with E-state index in [0.717, 1.165) is 38.6 Å². The number of hydrogen-bond acceptors (Lipinski definition) is 2. The number of halogens is 1. The molecule has 1 aromatic rings. The minimum Gasteiger partial charge on any atom is -0.347 e. The lowest BCUT2D eigenvalue weighted by Crippen LogP contribution is -2.49. The van der Waals surface area contributed by atoms with Crippen molar-refractivity contribution in [2.24, 2.45) is 10.9 Å². The quantitative estimate of drug-likeness (QED) is 0.423. The van der Waals surface area contributed by atoms with E-state index in [0.29, 0.717) is 12.5 Å². The molecule has 0 radical (unpaired) electrons. The standard InChI is InChI=1S/C19H28N4O.HI/c1-15-6-5-10-23(13-15)19(20-2)21-12-18(24)22-11-9-16-7-3-4-8-17(16)14-22;/h3-4,7-8,15H,5-6,9-14H2,1-2H3,(H,20,21);1H. The number of benzene rings is 1. The molecule has 1 N–H and O–H groups in total. The van der Waals surface area contributed by atoms with Gasteiger partial charge in [0.2, 0.25) is 5.91 Å². The van der Waals surface area contributed by atoms with E-state index in [-0.39, 0.29) is 29.9 Å². The summed E-state index contributed by atoms with van der Waals surface area (Å²) in [6.07, 6.45) is 3.42. The highest BCUT2D eigenvalue weighted by Crippen LogP contribution is 2.18. The zero-order valence-corrected chi connectivity index (χ0v) is 17.5. The van der Waals surface area contributed by atoms with Crippen LogP contribution in [0, 0.1) is 5.92 Å². The molecular weight excluding hydrogens is 427 g/mol. The summed E-state index contributed by atoms with van der Waals surface area (Å²) in [6, 6.07) is 8.40. The van der Waals surface area contributed by atoms with Gasteiger partial charge in [-0.2, -0.15) is 0 Å². The Bertz CT molecular complexity index is 619. The van der Waals surface area contributed by atoms with Crippen molar-refractivity contribution in [2.45, 2.75) is 32.7 Å². The number of carbonyl (C=O) groups is 1. The van der Waals surface area contributed by atoms with Crippen molar-refractivity contribution in [1.82, 2.24) is 15.1 Å². The summed E-state index contributed by atoms with van der Waals surface area (Å²) in [6.45, 7) is 6.16. The fourth-order valence-corrected chi connectivity index (χ4v) is 3.69. The van der Waals surface area contributed by atoms with Crippen LogP contribution in [0.1, 0.15) is 30.9 Å². The Hall–Kier alpha value is -1.31. The van der Waals surface area contributed by atoms with Crippen LogP contribution < -0.4 is 5.32 Å². The second kappa shape index (κ2) is 9.40. The molecule has 2 heterocycles. The Morgan fingerprint density at radius 3 is 2.72 bits per heavy atom. The highest BCUT2D eigenvalue weighted by atomic mass is 127. The predicted octanol–water partition coefficient (Wildman–Crippen LogP) is 2.50. The molecule has 5 nitrogen and oxygen atoms in total. The molecule has 0 aromatic heterocycles. The third-order valence-corrected chi connectivity index (χ3v) is 5.05. The van der Waals surface area contributed by atoms with Crippen molar-refractivity contribution in [3.63, 3.8) is 0 Å². The molecule has 2 aliphatic rings. The Morgan fingerprint density at radius 1 is 1.24 bits per heavy atom. The second-order valence-corrected chi connectivity index (χ2v) is 6.93. The van der Waals surface area contributed by atoms with Crippen molar-refractivity contribution in [2.75, 3.05) is 33.2 Å². The molecule has 2 aliphatic heterocycles. The van der Waals surface area contributed by atoms with Crippen LogP contribution in [0.2, 0.25) is 0 Å². The normalized spacial score (nSPS) is 20.6. The summed E-state index contributed by atoms with van der Waals surface area (Å²) < 4.78 is 0. The molecule has 1 unspecified atom stereocenters. The molecule has 0 saturated carbocycles. The fourth-order valence-electron chi connectivity index (χ4n) is 3.69. The van der Waals surface area contributed by atoms with Crippen LogP contribution in [0.15, 0.2) is 29.3 Å². The molecule has 1 amide bonds. The smallest absolute Gasteiger partial charge is 0.242 e. The van der Waals surface area contributed by atoms with Gasteiger partial charge in [0, 0.05) is 33.2 Å². The molecule has 1 saturated heterocycles. The van der Waals surface area contributed by atoms with Gasteiger partial charge in [0.05, 0.1) is 6.54 Å². The third-order valence-electron chi connectivity index (χ3n) is 5.05. The Balaban J connectivity index is 0.00000225. The maximum Gasteiger partial charge on any atom is 0.242 e. The Morgan fingerprint density at radius 2 is 2.00 bits per heavy atom. The summed E-state index contributed by atoms with van der Waals surface area (Å²) in [5, 5.41) is 3.27. The van der Waals surface area contributed by atoms with E-state index in [2.05, 4.69) is 40.3 Å². The molecule has 3 rings (SSSR count). The number of rotatable bonds is 2. The van der Waals surface area contributed by atoms with Crippen molar-refractivity contribution in [3.8, 4) is 0 Å². The van der Waals surface area contributed by atoms with Crippen molar-refractivity contribution in [3.05, 3.63) is 35.4 Å². The third kappa shape index (κ3) is 5.09. The van der Waals surface area contributed by atoms with E-state index in [9.17, 15) is 4.79 Å². The predicted molar refractivity (Wildman–Crippen MR) is 112 cm³/mol. The highest BCUT2D eigenvalue weighted by Gasteiger charge is 2.22. The molecule has 138 valence electrons. The maximum atomic E-state index is 12.6. The molecule has 0 bridgehead atoms. The van der Waals surface area contributed by atoms with Gasteiger partial charge in [-0.15, -0.1) is 24.0 Å². The lowest BCUT2D eigenvalue weighted by Gasteiger charge is -2.34. The fraction of sp³-hybridized carbons (Fsp3) is 0.579. The zero-order chi connectivity index (χ0) is 16.9. The molecule has 0 aliphatic carbocycles. The second-order valence-electron chi connectivity index (χ2n) is 6.93. The van der Waals surface area contributed by atoms with Gasteiger partial charge in [-0.3, -0.25) is 9.79 Å². The first-order chi connectivity index (χ1) is 11.7. The zero-order valence-electron chi connectivity index (χ0n) is 15.2. The number of piperidine rings is 1. The monoisotopic (exact) mass is 456 g/mol. The SMILES string of the molecule is CN=C(NCC(=O)N1CCc2ccccc2C1)N1CCCC(C)C1.I. The first kappa shape index (κ1) is 20.0. The summed E-state index contributed by atoms with van der Waals surface area (Å²) in [7, 11) is 1.79. The molecule has 0 spiro atoms. The molecule has 1 fully saturated rings. The van der Waals surface area contributed by atoms with Crippen LogP contribution >= 0.6 is 24.0 Å². The van der Waals surface area contributed by atoms with Gasteiger partial charge >= 0.3 is 0 Å². The van der Waals surface area contributed by atoms with Gasteiger partial charge in [0.15, 0.2) is 5.96 Å². The number of nitrogens with one attached hydrogen (secondary N) is 1. The lowest BCUT2D eigenvalue weighted by molar-refractivity contribution is -0.130. The van der Waals surface area contributed by atoms with Crippen molar-refractivity contribution >= 4 is 35.8 Å². The lowest BCUT2D eigenvalue weighted by atomic mass is 10.00. The van der Waals surface area contributed by atoms with E-state index in [1.807, 2.05) is 11.0 Å². The van der Waals surface area contributed by atoms with E-state index >= 15 is 0 Å². The average Bonchev–Trinajstić information content (AvgIpc) is 2.61. The number of likely N-dealkylation sites (tertiary alicyclic amines) is 1. The number of fused-ring (bicyclic) bond motifs is 1. The highest BCUT2D eigenvalue weighted by molar-refractivity contribution is 14.0. The number of aliphatic imine (C=N–C) groups is 1.